The first-order chi connectivity index (χ1) is 13.2. The number of fused-ring (bicyclic) bond motifs is 1. The first-order valence-electron chi connectivity index (χ1n) is 9.86. The van der Waals surface area contributed by atoms with Gasteiger partial charge in [-0.1, -0.05) is 42.8 Å². The third-order valence-electron chi connectivity index (χ3n) is 5.43. The first-order valence-corrected chi connectivity index (χ1v) is 9.86. The van der Waals surface area contributed by atoms with E-state index >= 15 is 0 Å². The van der Waals surface area contributed by atoms with Crippen LogP contribution in [0.1, 0.15) is 49.0 Å². The molecule has 140 valence electrons. The van der Waals surface area contributed by atoms with Gasteiger partial charge in [0.05, 0.1) is 0 Å². The minimum absolute atomic E-state index is 0.0894. The number of rotatable bonds is 4. The molecule has 2 heterocycles. The van der Waals surface area contributed by atoms with Gasteiger partial charge in [-0.05, 0) is 73.8 Å². The zero-order valence-corrected chi connectivity index (χ0v) is 15.9. The van der Waals surface area contributed by atoms with Gasteiger partial charge in [-0.25, -0.2) is 0 Å². The molecule has 0 spiro atoms. The van der Waals surface area contributed by atoms with Crippen LogP contribution in [0.15, 0.2) is 54.6 Å². The maximum atomic E-state index is 9.68. The Morgan fingerprint density at radius 2 is 1.85 bits per heavy atom. The summed E-state index contributed by atoms with van der Waals surface area (Å²) in [7, 11) is 0. The maximum absolute atomic E-state index is 9.68. The number of phenolic OH excluding ortho intramolecular Hbond substituents is 1. The van der Waals surface area contributed by atoms with Crippen LogP contribution < -0.4 is 4.74 Å². The van der Waals surface area contributed by atoms with Gasteiger partial charge in [0.15, 0.2) is 0 Å². The van der Waals surface area contributed by atoms with Crippen LogP contribution in [-0.4, -0.2) is 29.6 Å². The van der Waals surface area contributed by atoms with E-state index in [9.17, 15) is 5.11 Å². The third-order valence-corrected chi connectivity index (χ3v) is 5.43. The third kappa shape index (κ3) is 4.25. The average molecular weight is 361 g/mol. The Labute approximate surface area is 161 Å². The second-order valence-corrected chi connectivity index (χ2v) is 7.50. The molecule has 0 aliphatic carbocycles. The predicted octanol–water partition coefficient (Wildman–Crippen LogP) is 5.43. The van der Waals surface area contributed by atoms with Crippen molar-refractivity contribution in [2.45, 2.75) is 32.3 Å². The number of benzene rings is 2. The van der Waals surface area contributed by atoms with Crippen LogP contribution in [0.25, 0.3) is 11.6 Å². The highest BCUT2D eigenvalue weighted by atomic mass is 16.5. The van der Waals surface area contributed by atoms with Gasteiger partial charge in [-0.2, -0.15) is 0 Å². The molecular weight excluding hydrogens is 334 g/mol. The molecule has 0 radical (unpaired) electrons. The molecule has 0 bridgehead atoms. The fraction of sp³-hybridized carbons (Fsp3) is 0.333. The number of hydrogen-bond acceptors (Lipinski definition) is 3. The molecule has 1 fully saturated rings. The Morgan fingerprint density at radius 1 is 1.07 bits per heavy atom. The van der Waals surface area contributed by atoms with Crippen molar-refractivity contribution in [1.29, 1.82) is 0 Å². The molecule has 0 aromatic heterocycles. The maximum Gasteiger partial charge on any atom is 0.143 e. The number of piperidine rings is 1. The SMILES string of the molecule is CC1=CC(c2ccc(/C=C/CN3CCCCC3)cc2)Oc2ccc(O)cc21. The van der Waals surface area contributed by atoms with Crippen molar-refractivity contribution in [2.75, 3.05) is 19.6 Å². The Kier molecular flexibility index (Phi) is 5.30. The number of allylic oxidation sites excluding steroid dienone is 1. The van der Waals surface area contributed by atoms with Crippen LogP contribution in [0.5, 0.6) is 11.5 Å². The molecule has 1 atom stereocenters. The number of phenols is 1. The number of aromatic hydroxyl groups is 1. The summed E-state index contributed by atoms with van der Waals surface area (Å²) >= 11 is 0. The molecule has 27 heavy (non-hydrogen) atoms. The van der Waals surface area contributed by atoms with E-state index in [2.05, 4.69) is 54.3 Å². The molecule has 2 aromatic carbocycles. The second-order valence-electron chi connectivity index (χ2n) is 7.50. The molecule has 3 heteroatoms. The molecule has 4 rings (SSSR count). The molecular formula is C24H27NO2. The van der Waals surface area contributed by atoms with Crippen molar-refractivity contribution in [3.05, 3.63) is 71.3 Å². The van der Waals surface area contributed by atoms with Crippen molar-refractivity contribution >= 4 is 11.6 Å². The molecule has 3 nitrogen and oxygen atoms in total. The van der Waals surface area contributed by atoms with Crippen LogP contribution in [0.4, 0.5) is 0 Å². The average Bonchev–Trinajstić information content (AvgIpc) is 2.70. The molecule has 0 amide bonds. The molecule has 1 saturated heterocycles. The molecule has 1 N–H and O–H groups in total. The lowest BCUT2D eigenvalue weighted by atomic mass is 9.97. The number of hydrogen-bond donors (Lipinski definition) is 1. The highest BCUT2D eigenvalue weighted by Crippen LogP contribution is 2.38. The van der Waals surface area contributed by atoms with Gasteiger partial charge < -0.3 is 9.84 Å². The summed E-state index contributed by atoms with van der Waals surface area (Å²) < 4.78 is 6.13. The zero-order chi connectivity index (χ0) is 18.6. The number of ether oxygens (including phenoxy) is 1. The lowest BCUT2D eigenvalue weighted by Crippen LogP contribution is -2.29. The van der Waals surface area contributed by atoms with Gasteiger partial charge in [0, 0.05) is 12.1 Å². The fourth-order valence-electron chi connectivity index (χ4n) is 3.86. The number of likely N-dealkylation sites (tertiary alicyclic amines) is 1. The van der Waals surface area contributed by atoms with Gasteiger partial charge >= 0.3 is 0 Å². The van der Waals surface area contributed by atoms with Gasteiger partial charge in [-0.15, -0.1) is 0 Å². The van der Waals surface area contributed by atoms with E-state index in [4.69, 9.17) is 4.74 Å². The highest BCUT2D eigenvalue weighted by molar-refractivity contribution is 5.72. The van der Waals surface area contributed by atoms with Crippen LogP contribution in [0.3, 0.4) is 0 Å². The van der Waals surface area contributed by atoms with Crippen LogP contribution >= 0.6 is 0 Å². The topological polar surface area (TPSA) is 32.7 Å². The summed E-state index contributed by atoms with van der Waals surface area (Å²) in [5, 5.41) is 9.68. The summed E-state index contributed by atoms with van der Waals surface area (Å²) in [4.78, 5) is 2.52. The van der Waals surface area contributed by atoms with Crippen molar-refractivity contribution < 1.29 is 9.84 Å². The Morgan fingerprint density at radius 3 is 2.63 bits per heavy atom. The lowest BCUT2D eigenvalue weighted by molar-refractivity contribution is 0.250. The van der Waals surface area contributed by atoms with Crippen molar-refractivity contribution in [3.8, 4) is 11.5 Å². The quantitative estimate of drug-likeness (QED) is 0.788. The van der Waals surface area contributed by atoms with Gasteiger partial charge in [0.25, 0.3) is 0 Å². The monoisotopic (exact) mass is 361 g/mol. The predicted molar refractivity (Wildman–Crippen MR) is 111 cm³/mol. The molecule has 1 unspecified atom stereocenters. The zero-order valence-electron chi connectivity index (χ0n) is 15.9. The van der Waals surface area contributed by atoms with Crippen molar-refractivity contribution in [3.63, 3.8) is 0 Å². The van der Waals surface area contributed by atoms with E-state index in [1.165, 1.54) is 37.9 Å². The Hall–Kier alpha value is -2.52. The second kappa shape index (κ2) is 8.01. The van der Waals surface area contributed by atoms with Gasteiger partial charge in [-0.3, -0.25) is 4.90 Å². The summed E-state index contributed by atoms with van der Waals surface area (Å²) in [5.74, 6) is 1.09. The van der Waals surface area contributed by atoms with Crippen molar-refractivity contribution in [1.82, 2.24) is 4.90 Å². The van der Waals surface area contributed by atoms with E-state index in [1.807, 2.05) is 6.07 Å². The molecule has 0 saturated carbocycles. The molecule has 2 aliphatic rings. The minimum Gasteiger partial charge on any atom is -0.508 e. The van der Waals surface area contributed by atoms with E-state index in [1.54, 1.807) is 12.1 Å². The van der Waals surface area contributed by atoms with Gasteiger partial charge in [0.1, 0.15) is 17.6 Å². The smallest absolute Gasteiger partial charge is 0.143 e. The molecule has 2 aliphatic heterocycles. The fourth-order valence-corrected chi connectivity index (χ4v) is 3.86. The van der Waals surface area contributed by atoms with Crippen molar-refractivity contribution in [2.24, 2.45) is 0 Å². The molecule has 2 aromatic rings. The van der Waals surface area contributed by atoms with Crippen LogP contribution in [0.2, 0.25) is 0 Å². The first kappa shape index (κ1) is 17.9. The Bertz CT molecular complexity index is 845. The van der Waals surface area contributed by atoms with E-state index in [0.29, 0.717) is 0 Å². The van der Waals surface area contributed by atoms with E-state index < -0.39 is 0 Å². The van der Waals surface area contributed by atoms with Crippen LogP contribution in [0, 0.1) is 0 Å². The normalized spacial score (nSPS) is 20.2. The lowest BCUT2D eigenvalue weighted by Gasteiger charge is -2.25. The minimum atomic E-state index is -0.0894. The van der Waals surface area contributed by atoms with Gasteiger partial charge in [0.2, 0.25) is 0 Å². The largest absolute Gasteiger partial charge is 0.508 e. The van der Waals surface area contributed by atoms with E-state index in [-0.39, 0.29) is 11.9 Å². The summed E-state index contributed by atoms with van der Waals surface area (Å²) in [6, 6.07) is 13.9. The summed E-state index contributed by atoms with van der Waals surface area (Å²) in [5.41, 5.74) is 4.45. The highest BCUT2D eigenvalue weighted by Gasteiger charge is 2.20. The standard InChI is InChI=1S/C24H27NO2/c1-18-16-24(27-23-12-11-21(26)17-22(18)23)20-9-7-19(8-10-20)6-5-15-25-13-3-2-4-14-25/h5-12,16-17,24,26H,2-4,13-15H2,1H3/b6-5+. The summed E-state index contributed by atoms with van der Waals surface area (Å²) in [6.07, 6.45) is 10.5. The summed E-state index contributed by atoms with van der Waals surface area (Å²) in [6.45, 7) is 5.56. The van der Waals surface area contributed by atoms with Crippen LogP contribution in [-0.2, 0) is 0 Å². The number of nitrogens with zero attached hydrogens (tertiary/aromatic N) is 1. The van der Waals surface area contributed by atoms with E-state index in [0.717, 1.165) is 29.0 Å². The Balaban J connectivity index is 1.42.